The number of rotatable bonds is 3. The smallest absolute Gasteiger partial charge is 0.123 e. The zero-order valence-corrected chi connectivity index (χ0v) is 9.60. The average molecular weight is 228 g/mol. The molecule has 0 saturated carbocycles. The number of hydrogen-bond acceptors (Lipinski definition) is 1. The monoisotopic (exact) mass is 228 g/mol. The summed E-state index contributed by atoms with van der Waals surface area (Å²) in [5, 5.41) is 4.41. The predicted octanol–water partition coefficient (Wildman–Crippen LogP) is 3.65. The van der Waals surface area contributed by atoms with E-state index in [0.717, 1.165) is 17.0 Å². The average Bonchev–Trinajstić information content (AvgIpc) is 2.69. The Balaban J connectivity index is 2.37. The van der Waals surface area contributed by atoms with E-state index >= 15 is 0 Å². The normalized spacial score (nSPS) is 10.9. The molecule has 1 aromatic carbocycles. The quantitative estimate of drug-likeness (QED) is 0.733. The Bertz CT molecular complexity index is 550. The molecular formula is C14H13FN2. The number of aromatic nitrogens is 2. The van der Waals surface area contributed by atoms with Crippen molar-refractivity contribution in [1.29, 1.82) is 0 Å². The van der Waals surface area contributed by atoms with E-state index in [1.807, 2.05) is 25.3 Å². The van der Waals surface area contributed by atoms with E-state index in [1.165, 1.54) is 12.1 Å². The third kappa shape index (κ3) is 2.50. The first-order chi connectivity index (χ1) is 8.20. The number of halogens is 1. The Morgan fingerprint density at radius 1 is 1.29 bits per heavy atom. The van der Waals surface area contributed by atoms with Crippen molar-refractivity contribution in [3.05, 3.63) is 60.6 Å². The molecule has 0 unspecified atom stereocenters. The van der Waals surface area contributed by atoms with Crippen LogP contribution in [0, 0.1) is 12.7 Å². The number of aryl methyl sites for hydroxylation is 1. The minimum absolute atomic E-state index is 0.239. The number of nitrogens with zero attached hydrogens (tertiary/aromatic N) is 2. The Morgan fingerprint density at radius 3 is 2.65 bits per heavy atom. The second kappa shape index (κ2) is 4.78. The first-order valence-corrected chi connectivity index (χ1v) is 5.32. The van der Waals surface area contributed by atoms with Crippen LogP contribution < -0.4 is 0 Å². The molecule has 0 aliphatic rings. The molecule has 3 heteroatoms. The number of hydrogen-bond donors (Lipinski definition) is 0. The van der Waals surface area contributed by atoms with Crippen LogP contribution in [0.5, 0.6) is 0 Å². The molecule has 0 atom stereocenters. The molecular weight excluding hydrogens is 215 g/mol. The molecule has 0 aliphatic heterocycles. The molecule has 0 amide bonds. The molecule has 17 heavy (non-hydrogen) atoms. The topological polar surface area (TPSA) is 17.8 Å². The van der Waals surface area contributed by atoms with Gasteiger partial charge >= 0.3 is 0 Å². The Labute approximate surface area is 99.7 Å². The minimum Gasteiger partial charge on any atom is -0.245 e. The Morgan fingerprint density at radius 2 is 2.00 bits per heavy atom. The molecule has 1 heterocycles. The van der Waals surface area contributed by atoms with Crippen molar-refractivity contribution in [2.24, 2.45) is 0 Å². The zero-order chi connectivity index (χ0) is 12.3. The summed E-state index contributed by atoms with van der Waals surface area (Å²) < 4.78 is 14.6. The summed E-state index contributed by atoms with van der Waals surface area (Å²) in [5.74, 6) is -0.239. The molecule has 0 bridgehead atoms. The van der Waals surface area contributed by atoms with Crippen LogP contribution in [0.3, 0.4) is 0 Å². The van der Waals surface area contributed by atoms with Crippen LogP contribution in [-0.2, 0) is 0 Å². The highest BCUT2D eigenvalue weighted by molar-refractivity contribution is 5.59. The standard InChI is InChI=1S/C14H13FN2/c1-3-4-9-17-11(2)10-14(16-17)12-5-7-13(15)8-6-12/h3-10H,1H2,2H3/b9-4-. The first-order valence-electron chi connectivity index (χ1n) is 5.32. The van der Waals surface area contributed by atoms with Crippen molar-refractivity contribution in [2.75, 3.05) is 0 Å². The molecule has 0 radical (unpaired) electrons. The van der Waals surface area contributed by atoms with Crippen molar-refractivity contribution >= 4 is 6.20 Å². The van der Waals surface area contributed by atoms with Crippen molar-refractivity contribution < 1.29 is 4.39 Å². The van der Waals surface area contributed by atoms with Crippen LogP contribution in [0.25, 0.3) is 17.5 Å². The lowest BCUT2D eigenvalue weighted by atomic mass is 10.1. The largest absolute Gasteiger partial charge is 0.245 e. The molecule has 86 valence electrons. The maximum Gasteiger partial charge on any atom is 0.123 e. The van der Waals surface area contributed by atoms with Crippen LogP contribution in [0.1, 0.15) is 5.69 Å². The van der Waals surface area contributed by atoms with Crippen LogP contribution in [0.2, 0.25) is 0 Å². The Kier molecular flexibility index (Phi) is 3.19. The molecule has 0 N–H and O–H groups in total. The lowest BCUT2D eigenvalue weighted by molar-refractivity contribution is 0.628. The van der Waals surface area contributed by atoms with Gasteiger partial charge in [-0.25, -0.2) is 9.07 Å². The fourth-order valence-corrected chi connectivity index (χ4v) is 1.54. The van der Waals surface area contributed by atoms with Gasteiger partial charge in [0.15, 0.2) is 0 Å². The second-order valence-electron chi connectivity index (χ2n) is 3.70. The van der Waals surface area contributed by atoms with Crippen LogP contribution in [0.15, 0.2) is 49.1 Å². The summed E-state index contributed by atoms with van der Waals surface area (Å²) in [5.41, 5.74) is 2.75. The highest BCUT2D eigenvalue weighted by Gasteiger charge is 2.04. The van der Waals surface area contributed by atoms with Crippen LogP contribution in [-0.4, -0.2) is 9.78 Å². The van der Waals surface area contributed by atoms with Crippen molar-refractivity contribution in [3.63, 3.8) is 0 Å². The molecule has 0 aliphatic carbocycles. The summed E-state index contributed by atoms with van der Waals surface area (Å²) in [6, 6.07) is 8.27. The fourth-order valence-electron chi connectivity index (χ4n) is 1.54. The lowest BCUT2D eigenvalue weighted by Crippen LogP contribution is -1.91. The van der Waals surface area contributed by atoms with Gasteiger partial charge in [0, 0.05) is 17.5 Å². The summed E-state index contributed by atoms with van der Waals surface area (Å²) in [7, 11) is 0. The van der Waals surface area contributed by atoms with E-state index in [4.69, 9.17) is 0 Å². The van der Waals surface area contributed by atoms with Gasteiger partial charge in [-0.1, -0.05) is 12.7 Å². The van der Waals surface area contributed by atoms with Gasteiger partial charge < -0.3 is 0 Å². The molecule has 2 rings (SSSR count). The highest BCUT2D eigenvalue weighted by Crippen LogP contribution is 2.19. The van der Waals surface area contributed by atoms with Crippen molar-refractivity contribution in [2.45, 2.75) is 6.92 Å². The maximum atomic E-state index is 12.8. The van der Waals surface area contributed by atoms with E-state index in [-0.39, 0.29) is 5.82 Å². The van der Waals surface area contributed by atoms with Gasteiger partial charge in [0.2, 0.25) is 0 Å². The van der Waals surface area contributed by atoms with Gasteiger partial charge in [0.25, 0.3) is 0 Å². The SMILES string of the molecule is C=C/C=C\n1nc(-c2ccc(F)cc2)cc1C. The van der Waals surface area contributed by atoms with Gasteiger partial charge in [-0.15, -0.1) is 0 Å². The third-order valence-electron chi connectivity index (χ3n) is 2.43. The minimum atomic E-state index is -0.239. The molecule has 2 aromatic rings. The van der Waals surface area contributed by atoms with E-state index in [1.54, 1.807) is 22.9 Å². The summed E-state index contributed by atoms with van der Waals surface area (Å²) >= 11 is 0. The van der Waals surface area contributed by atoms with Gasteiger partial charge in [-0.3, -0.25) is 0 Å². The van der Waals surface area contributed by atoms with E-state index < -0.39 is 0 Å². The summed E-state index contributed by atoms with van der Waals surface area (Å²) in [4.78, 5) is 0. The van der Waals surface area contributed by atoms with Gasteiger partial charge in [-0.2, -0.15) is 5.10 Å². The highest BCUT2D eigenvalue weighted by atomic mass is 19.1. The molecule has 0 saturated heterocycles. The van der Waals surface area contributed by atoms with Crippen LogP contribution in [0.4, 0.5) is 4.39 Å². The molecule has 2 nitrogen and oxygen atoms in total. The first kappa shape index (κ1) is 11.3. The van der Waals surface area contributed by atoms with Gasteiger partial charge in [0.1, 0.15) is 5.82 Å². The maximum absolute atomic E-state index is 12.8. The second-order valence-corrected chi connectivity index (χ2v) is 3.70. The van der Waals surface area contributed by atoms with Crippen molar-refractivity contribution in [3.8, 4) is 11.3 Å². The molecule has 0 fully saturated rings. The van der Waals surface area contributed by atoms with Gasteiger partial charge in [-0.05, 0) is 43.3 Å². The molecule has 1 aromatic heterocycles. The predicted molar refractivity (Wildman–Crippen MR) is 67.9 cm³/mol. The van der Waals surface area contributed by atoms with E-state index in [0.29, 0.717) is 0 Å². The fraction of sp³-hybridized carbons (Fsp3) is 0.0714. The van der Waals surface area contributed by atoms with Gasteiger partial charge in [0.05, 0.1) is 5.69 Å². The van der Waals surface area contributed by atoms with E-state index in [2.05, 4.69) is 11.7 Å². The number of allylic oxidation sites excluding steroid dienone is 2. The lowest BCUT2D eigenvalue weighted by Gasteiger charge is -1.95. The van der Waals surface area contributed by atoms with Crippen molar-refractivity contribution in [1.82, 2.24) is 9.78 Å². The molecule has 0 spiro atoms. The number of benzene rings is 1. The van der Waals surface area contributed by atoms with E-state index in [9.17, 15) is 4.39 Å². The summed E-state index contributed by atoms with van der Waals surface area (Å²) in [6.07, 6.45) is 5.34. The summed E-state index contributed by atoms with van der Waals surface area (Å²) in [6.45, 7) is 5.58. The third-order valence-corrected chi connectivity index (χ3v) is 2.43. The van der Waals surface area contributed by atoms with Crippen LogP contribution >= 0.6 is 0 Å². The zero-order valence-electron chi connectivity index (χ0n) is 9.60. The Hall–Kier alpha value is -2.16.